The Morgan fingerprint density at radius 3 is 2.84 bits per heavy atom. The normalized spacial score (nSPS) is 12.6. The number of hydrogen-bond donors (Lipinski definition) is 1. The van der Waals surface area contributed by atoms with E-state index in [0.29, 0.717) is 0 Å². The molecule has 4 heteroatoms. The molecule has 1 aromatic heterocycles. The second-order valence-corrected chi connectivity index (χ2v) is 5.13. The van der Waals surface area contributed by atoms with Crippen molar-refractivity contribution in [3.63, 3.8) is 0 Å². The van der Waals surface area contributed by atoms with E-state index in [0.717, 1.165) is 29.4 Å². The number of aromatic nitrogens is 2. The van der Waals surface area contributed by atoms with Gasteiger partial charge in [0.15, 0.2) is 0 Å². The molecule has 102 valence electrons. The summed E-state index contributed by atoms with van der Waals surface area (Å²) in [5.74, 6) is 1.01. The van der Waals surface area contributed by atoms with Crippen LogP contribution in [0, 0.1) is 6.92 Å². The van der Waals surface area contributed by atoms with Crippen molar-refractivity contribution in [2.24, 2.45) is 0 Å². The number of rotatable bonds is 5. The van der Waals surface area contributed by atoms with Gasteiger partial charge in [0, 0.05) is 24.0 Å². The van der Waals surface area contributed by atoms with Crippen LogP contribution in [-0.2, 0) is 6.54 Å². The van der Waals surface area contributed by atoms with Gasteiger partial charge in [0.1, 0.15) is 5.82 Å². The van der Waals surface area contributed by atoms with Gasteiger partial charge in [-0.05, 0) is 37.6 Å². The average Bonchev–Trinajstić information content (AvgIpc) is 2.82. The van der Waals surface area contributed by atoms with Crippen molar-refractivity contribution < 1.29 is 0 Å². The zero-order valence-electron chi connectivity index (χ0n) is 11.7. The maximum atomic E-state index is 6.37. The molecular weight excluding hydrogens is 258 g/mol. The van der Waals surface area contributed by atoms with Gasteiger partial charge >= 0.3 is 0 Å². The molecule has 1 heterocycles. The quantitative estimate of drug-likeness (QED) is 0.906. The number of halogens is 1. The summed E-state index contributed by atoms with van der Waals surface area (Å²) in [7, 11) is 1.94. The van der Waals surface area contributed by atoms with E-state index in [9.17, 15) is 0 Å². The summed E-state index contributed by atoms with van der Waals surface area (Å²) in [5.41, 5.74) is 2.24. The van der Waals surface area contributed by atoms with E-state index in [2.05, 4.69) is 33.9 Å². The van der Waals surface area contributed by atoms with Crippen LogP contribution >= 0.6 is 11.6 Å². The van der Waals surface area contributed by atoms with Crippen LogP contribution in [0.15, 0.2) is 30.6 Å². The molecule has 0 fully saturated rings. The fourth-order valence-electron chi connectivity index (χ4n) is 2.30. The summed E-state index contributed by atoms with van der Waals surface area (Å²) in [6.07, 6.45) is 4.95. The molecule has 0 amide bonds. The largest absolute Gasteiger partial charge is 0.333 e. The molecule has 1 unspecified atom stereocenters. The number of nitrogens with zero attached hydrogens (tertiary/aromatic N) is 2. The predicted octanol–water partition coefficient (Wildman–Crippen LogP) is 3.56. The molecule has 1 aromatic carbocycles. The van der Waals surface area contributed by atoms with Gasteiger partial charge in [-0.2, -0.15) is 0 Å². The van der Waals surface area contributed by atoms with E-state index in [1.54, 1.807) is 0 Å². The fraction of sp³-hybridized carbons (Fsp3) is 0.400. The smallest absolute Gasteiger partial charge is 0.130 e. The molecule has 3 nitrogen and oxygen atoms in total. The molecule has 19 heavy (non-hydrogen) atoms. The van der Waals surface area contributed by atoms with Crippen molar-refractivity contribution in [2.45, 2.75) is 32.9 Å². The van der Waals surface area contributed by atoms with Gasteiger partial charge in [0.2, 0.25) is 0 Å². The number of imidazole rings is 1. The lowest BCUT2D eigenvalue weighted by Gasteiger charge is -2.19. The van der Waals surface area contributed by atoms with Crippen LogP contribution in [0.1, 0.15) is 36.3 Å². The van der Waals surface area contributed by atoms with Crippen LogP contribution in [-0.4, -0.2) is 16.6 Å². The molecule has 2 rings (SSSR count). The standard InChI is InChI=1S/C15H20ClN3/c1-4-8-19-9-7-18-15(19)14(17-3)12-6-5-11(2)10-13(12)16/h5-7,9-10,14,17H,4,8H2,1-3H3. The molecule has 0 aliphatic heterocycles. The minimum Gasteiger partial charge on any atom is -0.333 e. The van der Waals surface area contributed by atoms with E-state index < -0.39 is 0 Å². The number of aryl methyl sites for hydroxylation is 2. The van der Waals surface area contributed by atoms with Crippen molar-refractivity contribution in [1.29, 1.82) is 0 Å². The first-order valence-electron chi connectivity index (χ1n) is 6.61. The first-order valence-corrected chi connectivity index (χ1v) is 6.99. The lowest BCUT2D eigenvalue weighted by atomic mass is 10.0. The van der Waals surface area contributed by atoms with Crippen LogP contribution in [0.3, 0.4) is 0 Å². The number of nitrogens with one attached hydrogen (secondary N) is 1. The molecule has 0 saturated heterocycles. The molecule has 1 atom stereocenters. The first-order chi connectivity index (χ1) is 9.17. The van der Waals surface area contributed by atoms with Crippen LogP contribution in [0.25, 0.3) is 0 Å². The topological polar surface area (TPSA) is 29.9 Å². The van der Waals surface area contributed by atoms with Gasteiger partial charge in [-0.3, -0.25) is 0 Å². The lowest BCUT2D eigenvalue weighted by molar-refractivity contribution is 0.568. The Balaban J connectivity index is 2.41. The number of hydrogen-bond acceptors (Lipinski definition) is 2. The Labute approximate surface area is 119 Å². The van der Waals surface area contributed by atoms with Gasteiger partial charge in [0.05, 0.1) is 6.04 Å². The van der Waals surface area contributed by atoms with Crippen LogP contribution in [0.5, 0.6) is 0 Å². The molecule has 0 bridgehead atoms. The first kappa shape index (κ1) is 14.1. The molecule has 0 aliphatic rings. The zero-order valence-corrected chi connectivity index (χ0v) is 12.4. The third-order valence-corrected chi connectivity index (χ3v) is 3.55. The molecule has 0 radical (unpaired) electrons. The van der Waals surface area contributed by atoms with E-state index in [1.165, 1.54) is 5.56 Å². The monoisotopic (exact) mass is 277 g/mol. The summed E-state index contributed by atoms with van der Waals surface area (Å²) in [6.45, 7) is 5.18. The molecule has 0 saturated carbocycles. The fourth-order valence-corrected chi connectivity index (χ4v) is 2.65. The Bertz CT molecular complexity index is 548. The summed E-state index contributed by atoms with van der Waals surface area (Å²) in [4.78, 5) is 4.49. The highest BCUT2D eigenvalue weighted by Gasteiger charge is 2.19. The highest BCUT2D eigenvalue weighted by atomic mass is 35.5. The van der Waals surface area contributed by atoms with Gasteiger partial charge in [-0.15, -0.1) is 0 Å². The third kappa shape index (κ3) is 2.99. The summed E-state index contributed by atoms with van der Waals surface area (Å²) >= 11 is 6.37. The molecular formula is C15H20ClN3. The number of benzene rings is 1. The molecule has 2 aromatic rings. The summed E-state index contributed by atoms with van der Waals surface area (Å²) < 4.78 is 2.18. The van der Waals surface area contributed by atoms with Crippen LogP contribution in [0.2, 0.25) is 5.02 Å². The summed E-state index contributed by atoms with van der Waals surface area (Å²) in [6, 6.07) is 6.17. The maximum Gasteiger partial charge on any atom is 0.130 e. The second-order valence-electron chi connectivity index (χ2n) is 4.73. The Morgan fingerprint density at radius 2 is 2.21 bits per heavy atom. The van der Waals surface area contributed by atoms with Crippen molar-refractivity contribution in [3.8, 4) is 0 Å². The predicted molar refractivity (Wildman–Crippen MR) is 79.6 cm³/mol. The van der Waals surface area contributed by atoms with Gasteiger partial charge in [0.25, 0.3) is 0 Å². The highest BCUT2D eigenvalue weighted by Crippen LogP contribution is 2.28. The highest BCUT2D eigenvalue weighted by molar-refractivity contribution is 6.31. The van der Waals surface area contributed by atoms with Crippen LogP contribution in [0.4, 0.5) is 0 Å². The van der Waals surface area contributed by atoms with Crippen LogP contribution < -0.4 is 5.32 Å². The van der Waals surface area contributed by atoms with E-state index >= 15 is 0 Å². The van der Waals surface area contributed by atoms with Gasteiger partial charge < -0.3 is 9.88 Å². The zero-order chi connectivity index (χ0) is 13.8. The average molecular weight is 278 g/mol. The third-order valence-electron chi connectivity index (χ3n) is 3.23. The lowest BCUT2D eigenvalue weighted by Crippen LogP contribution is -2.22. The molecule has 0 aliphatic carbocycles. The minimum absolute atomic E-state index is 0.0228. The van der Waals surface area contributed by atoms with E-state index in [4.69, 9.17) is 11.6 Å². The second kappa shape index (κ2) is 6.22. The van der Waals surface area contributed by atoms with Crippen molar-refractivity contribution in [3.05, 3.63) is 52.6 Å². The molecule has 0 spiro atoms. The Kier molecular flexibility index (Phi) is 4.61. The van der Waals surface area contributed by atoms with Gasteiger partial charge in [-0.1, -0.05) is 30.7 Å². The SMILES string of the molecule is CCCn1ccnc1C(NC)c1ccc(C)cc1Cl. The van der Waals surface area contributed by atoms with Crippen molar-refractivity contribution >= 4 is 11.6 Å². The van der Waals surface area contributed by atoms with Gasteiger partial charge in [-0.25, -0.2) is 4.98 Å². The van der Waals surface area contributed by atoms with Crippen molar-refractivity contribution in [2.75, 3.05) is 7.05 Å². The summed E-state index contributed by atoms with van der Waals surface area (Å²) in [5, 5.41) is 4.09. The Hall–Kier alpha value is -1.32. The maximum absolute atomic E-state index is 6.37. The van der Waals surface area contributed by atoms with Crippen molar-refractivity contribution in [1.82, 2.24) is 14.9 Å². The minimum atomic E-state index is 0.0228. The Morgan fingerprint density at radius 1 is 1.42 bits per heavy atom. The molecule has 1 N–H and O–H groups in total. The van der Waals surface area contributed by atoms with E-state index in [1.807, 2.05) is 32.4 Å². The van der Waals surface area contributed by atoms with E-state index in [-0.39, 0.29) is 6.04 Å².